The van der Waals surface area contributed by atoms with Crippen molar-refractivity contribution < 1.29 is 4.79 Å². The van der Waals surface area contributed by atoms with E-state index in [2.05, 4.69) is 17.6 Å². The topological polar surface area (TPSA) is 111 Å². The van der Waals surface area contributed by atoms with E-state index in [1.54, 1.807) is 4.68 Å². The second kappa shape index (κ2) is 7.06. The molecule has 1 amide bonds. The van der Waals surface area contributed by atoms with Crippen LogP contribution >= 0.6 is 0 Å². The third-order valence-electron chi connectivity index (χ3n) is 7.85. The summed E-state index contributed by atoms with van der Waals surface area (Å²) in [7, 11) is 0. The van der Waals surface area contributed by atoms with Gasteiger partial charge < -0.3 is 10.2 Å². The summed E-state index contributed by atoms with van der Waals surface area (Å²) < 4.78 is 1.79. The van der Waals surface area contributed by atoms with Crippen molar-refractivity contribution in [2.24, 2.45) is 5.92 Å². The quantitative estimate of drug-likeness (QED) is 0.749. The number of rotatable bonds is 4. The largest absolute Gasteiger partial charge is 0.351 e. The highest BCUT2D eigenvalue weighted by Gasteiger charge is 2.47. The Bertz CT molecular complexity index is 1170. The SMILES string of the molecule is N#CN1[C@H]2CC[C@@H]1[C@H](NC(=O)C1CCc3nn(-c4cccc(C5(C#N)CC5)n4)cc3C1)C2. The Balaban J connectivity index is 1.16. The fourth-order valence-electron chi connectivity index (χ4n) is 5.81. The maximum absolute atomic E-state index is 13.0. The van der Waals surface area contributed by atoms with E-state index in [1.807, 2.05) is 29.3 Å². The van der Waals surface area contributed by atoms with Crippen LogP contribution in [0.5, 0.6) is 0 Å². The van der Waals surface area contributed by atoms with Crippen molar-refractivity contribution in [1.29, 1.82) is 10.5 Å². The Morgan fingerprint density at radius 3 is 2.84 bits per heavy atom. The zero-order valence-electron chi connectivity index (χ0n) is 17.9. The predicted octanol–water partition coefficient (Wildman–Crippen LogP) is 2.13. The standard InChI is InChI=1S/C24H25N7O/c25-13-24(8-9-24)21-2-1-3-22(28-21)31-12-16-10-15(4-6-18(16)29-31)23(32)27-19-11-17-5-7-20(19)30(17)14-26/h1-3,12,15,17,19-20H,4-11H2,(H,27,32)/t15?,17-,19+,20+/m0/s1. The number of fused-ring (bicyclic) bond motifs is 3. The first-order valence-electron chi connectivity index (χ1n) is 11.6. The molecular formula is C24H25N7O. The van der Waals surface area contributed by atoms with Gasteiger partial charge in [0.1, 0.15) is 0 Å². The fourth-order valence-corrected chi connectivity index (χ4v) is 5.81. The molecule has 162 valence electrons. The summed E-state index contributed by atoms with van der Waals surface area (Å²) in [6.07, 6.45) is 11.2. The Hall–Kier alpha value is -3.39. The van der Waals surface area contributed by atoms with Crippen molar-refractivity contribution in [3.8, 4) is 18.1 Å². The number of hydrogen-bond acceptors (Lipinski definition) is 6. The second-order valence-corrected chi connectivity index (χ2v) is 9.72. The monoisotopic (exact) mass is 427 g/mol. The van der Waals surface area contributed by atoms with Crippen LogP contribution in [-0.4, -0.2) is 43.7 Å². The summed E-state index contributed by atoms with van der Waals surface area (Å²) in [5.74, 6) is 0.754. The van der Waals surface area contributed by atoms with Crippen LogP contribution in [-0.2, 0) is 23.1 Å². The lowest BCUT2D eigenvalue weighted by Crippen LogP contribution is -2.46. The number of pyridine rings is 1. The first-order chi connectivity index (χ1) is 15.6. The summed E-state index contributed by atoms with van der Waals surface area (Å²) in [6, 6.07) is 8.73. The first-order valence-corrected chi connectivity index (χ1v) is 11.6. The van der Waals surface area contributed by atoms with Crippen molar-refractivity contribution in [1.82, 2.24) is 25.0 Å². The summed E-state index contributed by atoms with van der Waals surface area (Å²) in [5, 5.41) is 26.8. The highest BCUT2D eigenvalue weighted by atomic mass is 16.2. The molecule has 2 saturated heterocycles. The Kier molecular flexibility index (Phi) is 4.26. The zero-order valence-corrected chi connectivity index (χ0v) is 17.9. The molecular weight excluding hydrogens is 402 g/mol. The van der Waals surface area contributed by atoms with Crippen LogP contribution in [0, 0.1) is 28.7 Å². The summed E-state index contributed by atoms with van der Waals surface area (Å²) in [4.78, 5) is 19.6. The van der Waals surface area contributed by atoms with Crippen LogP contribution < -0.4 is 5.32 Å². The maximum Gasteiger partial charge on any atom is 0.223 e. The smallest absolute Gasteiger partial charge is 0.223 e. The van der Waals surface area contributed by atoms with Crippen LogP contribution in [0.1, 0.15) is 55.5 Å². The molecule has 8 nitrogen and oxygen atoms in total. The van der Waals surface area contributed by atoms with Crippen molar-refractivity contribution >= 4 is 5.91 Å². The number of nitriles is 2. The van der Waals surface area contributed by atoms with Crippen LogP contribution in [0.2, 0.25) is 0 Å². The van der Waals surface area contributed by atoms with E-state index in [1.165, 1.54) is 0 Å². The van der Waals surface area contributed by atoms with Gasteiger partial charge in [0.25, 0.3) is 0 Å². The number of amides is 1. The Morgan fingerprint density at radius 2 is 2.09 bits per heavy atom. The zero-order chi connectivity index (χ0) is 21.9. The number of aromatic nitrogens is 3. The van der Waals surface area contributed by atoms with Crippen LogP contribution in [0.4, 0.5) is 0 Å². The minimum atomic E-state index is -0.424. The van der Waals surface area contributed by atoms with Gasteiger partial charge >= 0.3 is 0 Å². The van der Waals surface area contributed by atoms with E-state index >= 15 is 0 Å². The number of nitrogens with zero attached hydrogens (tertiary/aromatic N) is 6. The highest BCUT2D eigenvalue weighted by molar-refractivity contribution is 5.79. The lowest BCUT2D eigenvalue weighted by molar-refractivity contribution is -0.126. The molecule has 0 spiro atoms. The van der Waals surface area contributed by atoms with Gasteiger partial charge in [0.2, 0.25) is 5.91 Å². The Morgan fingerprint density at radius 1 is 1.22 bits per heavy atom. The molecule has 4 atom stereocenters. The minimum Gasteiger partial charge on any atom is -0.351 e. The van der Waals surface area contributed by atoms with E-state index in [0.717, 1.165) is 67.7 Å². The number of aryl methyl sites for hydroxylation is 1. The van der Waals surface area contributed by atoms with Crippen LogP contribution in [0.25, 0.3) is 5.82 Å². The van der Waals surface area contributed by atoms with Gasteiger partial charge in [-0.25, -0.2) is 9.67 Å². The van der Waals surface area contributed by atoms with Gasteiger partial charge in [-0.3, -0.25) is 4.79 Å². The van der Waals surface area contributed by atoms with Crippen molar-refractivity contribution in [2.75, 3.05) is 0 Å². The predicted molar refractivity (Wildman–Crippen MR) is 114 cm³/mol. The van der Waals surface area contributed by atoms with E-state index < -0.39 is 5.41 Å². The van der Waals surface area contributed by atoms with Gasteiger partial charge in [0, 0.05) is 18.2 Å². The number of hydrogen-bond donors (Lipinski definition) is 1. The number of carbonyl (C=O) groups is 1. The minimum absolute atomic E-state index is 0.0672. The number of nitrogens with one attached hydrogen (secondary N) is 1. The van der Waals surface area contributed by atoms with Crippen LogP contribution in [0.15, 0.2) is 24.4 Å². The molecule has 8 heteroatoms. The average Bonchev–Trinajstić information content (AvgIpc) is 3.19. The molecule has 1 saturated carbocycles. The van der Waals surface area contributed by atoms with E-state index in [9.17, 15) is 15.3 Å². The molecule has 0 aromatic carbocycles. The van der Waals surface area contributed by atoms with Gasteiger partial charge in [0.15, 0.2) is 12.0 Å². The normalized spacial score (nSPS) is 29.1. The molecule has 1 N–H and O–H groups in total. The van der Waals surface area contributed by atoms with Gasteiger partial charge in [0.05, 0.1) is 35.0 Å². The summed E-state index contributed by atoms with van der Waals surface area (Å²) >= 11 is 0. The van der Waals surface area contributed by atoms with Crippen molar-refractivity contribution in [3.05, 3.63) is 41.3 Å². The molecule has 2 aromatic rings. The van der Waals surface area contributed by atoms with Crippen molar-refractivity contribution in [3.63, 3.8) is 0 Å². The Labute approximate surface area is 186 Å². The molecule has 3 fully saturated rings. The fraction of sp³-hybridized carbons (Fsp3) is 0.542. The van der Waals surface area contributed by atoms with Gasteiger partial charge in [-0.2, -0.15) is 15.6 Å². The summed E-state index contributed by atoms with van der Waals surface area (Å²) in [5.41, 5.74) is 2.52. The summed E-state index contributed by atoms with van der Waals surface area (Å²) in [6.45, 7) is 0. The first kappa shape index (κ1) is 19.3. The maximum atomic E-state index is 13.0. The molecule has 0 radical (unpaired) electrons. The molecule has 6 rings (SSSR count). The van der Waals surface area contributed by atoms with Gasteiger partial charge in [-0.05, 0) is 69.1 Å². The van der Waals surface area contributed by atoms with E-state index in [4.69, 9.17) is 10.1 Å². The molecule has 2 bridgehead atoms. The third kappa shape index (κ3) is 2.97. The molecule has 1 unspecified atom stereocenters. The van der Waals surface area contributed by atoms with Gasteiger partial charge in [-0.1, -0.05) is 6.07 Å². The third-order valence-corrected chi connectivity index (χ3v) is 7.85. The lowest BCUT2D eigenvalue weighted by atomic mass is 9.86. The lowest BCUT2D eigenvalue weighted by Gasteiger charge is -2.26. The average molecular weight is 428 g/mol. The second-order valence-electron chi connectivity index (χ2n) is 9.72. The molecule has 32 heavy (non-hydrogen) atoms. The molecule has 4 heterocycles. The van der Waals surface area contributed by atoms with Gasteiger partial charge in [-0.15, -0.1) is 0 Å². The van der Waals surface area contributed by atoms with Crippen molar-refractivity contribution in [2.45, 2.75) is 74.9 Å². The number of carbonyl (C=O) groups excluding carboxylic acids is 1. The molecule has 2 aliphatic heterocycles. The highest BCUT2D eigenvalue weighted by Crippen LogP contribution is 2.46. The van der Waals surface area contributed by atoms with E-state index in [0.29, 0.717) is 12.5 Å². The van der Waals surface area contributed by atoms with Crippen LogP contribution in [0.3, 0.4) is 0 Å². The molecule has 4 aliphatic rings. The van der Waals surface area contributed by atoms with E-state index in [-0.39, 0.29) is 23.9 Å². The molecule has 2 aromatic heterocycles. The molecule has 2 aliphatic carbocycles.